The monoisotopic (exact) mass is 333 g/mol. The molecule has 1 N–H and O–H groups in total. The summed E-state index contributed by atoms with van der Waals surface area (Å²) >= 11 is 2.54. The van der Waals surface area contributed by atoms with Gasteiger partial charge in [0.25, 0.3) is 6.43 Å². The molecule has 18 heavy (non-hydrogen) atoms. The van der Waals surface area contributed by atoms with E-state index >= 15 is 0 Å². The van der Waals surface area contributed by atoms with Crippen molar-refractivity contribution in [3.8, 4) is 0 Å². The predicted octanol–water partition coefficient (Wildman–Crippen LogP) is 3.43. The van der Waals surface area contributed by atoms with E-state index in [9.17, 15) is 26.7 Å². The van der Waals surface area contributed by atoms with Gasteiger partial charge in [-0.3, -0.25) is 9.78 Å². The van der Waals surface area contributed by atoms with Crippen LogP contribution < -0.4 is 0 Å². The Bertz CT molecular complexity index is 475. The largest absolute Gasteiger partial charge is 0.481 e. The summed E-state index contributed by atoms with van der Waals surface area (Å²) in [4.78, 5) is 13.6. The van der Waals surface area contributed by atoms with Crippen LogP contribution in [0.5, 0.6) is 0 Å². The standard InChI is InChI=1S/C9H5BrF5NO2/c10-4-2-16-7(8(11)12)3(1-5(17)18)6(4)9(13,14)15/h2,8H,1H2,(H,17,18). The van der Waals surface area contributed by atoms with Crippen molar-refractivity contribution in [2.75, 3.05) is 0 Å². The second kappa shape index (κ2) is 5.17. The van der Waals surface area contributed by atoms with E-state index in [1.807, 2.05) is 0 Å². The fourth-order valence-electron chi connectivity index (χ4n) is 1.37. The average molecular weight is 334 g/mol. The van der Waals surface area contributed by atoms with Crippen LogP contribution in [0.1, 0.15) is 23.2 Å². The van der Waals surface area contributed by atoms with Crippen LogP contribution in [0.4, 0.5) is 22.0 Å². The van der Waals surface area contributed by atoms with Crippen molar-refractivity contribution in [1.29, 1.82) is 0 Å². The maximum atomic E-state index is 12.7. The summed E-state index contributed by atoms with van der Waals surface area (Å²) in [5.41, 5.74) is -3.64. The number of nitrogens with zero attached hydrogens (tertiary/aromatic N) is 1. The van der Waals surface area contributed by atoms with Gasteiger partial charge in [0.2, 0.25) is 0 Å². The van der Waals surface area contributed by atoms with Gasteiger partial charge in [0.15, 0.2) is 0 Å². The van der Waals surface area contributed by atoms with Gasteiger partial charge in [-0.05, 0) is 15.9 Å². The highest BCUT2D eigenvalue weighted by atomic mass is 79.9. The number of rotatable bonds is 3. The van der Waals surface area contributed by atoms with Crippen molar-refractivity contribution in [1.82, 2.24) is 4.98 Å². The van der Waals surface area contributed by atoms with Gasteiger partial charge in [0.05, 0.1) is 12.0 Å². The van der Waals surface area contributed by atoms with E-state index in [1.54, 1.807) is 0 Å². The number of hydrogen-bond acceptors (Lipinski definition) is 2. The van der Waals surface area contributed by atoms with Crippen molar-refractivity contribution < 1.29 is 31.9 Å². The highest BCUT2D eigenvalue weighted by Crippen LogP contribution is 2.40. The molecule has 0 aliphatic heterocycles. The fraction of sp³-hybridized carbons (Fsp3) is 0.333. The molecule has 0 atom stereocenters. The summed E-state index contributed by atoms with van der Waals surface area (Å²) in [6.45, 7) is 0. The predicted molar refractivity (Wildman–Crippen MR) is 53.2 cm³/mol. The number of hydrogen-bond donors (Lipinski definition) is 1. The molecule has 1 heterocycles. The molecule has 0 fully saturated rings. The smallest absolute Gasteiger partial charge is 0.417 e. The first-order valence-corrected chi connectivity index (χ1v) is 5.18. The topological polar surface area (TPSA) is 50.2 Å². The first-order chi connectivity index (χ1) is 8.14. The second-order valence-electron chi connectivity index (χ2n) is 3.21. The maximum Gasteiger partial charge on any atom is 0.417 e. The maximum absolute atomic E-state index is 12.7. The first kappa shape index (κ1) is 14.8. The Labute approximate surface area is 106 Å². The number of carboxylic acids is 1. The molecule has 0 bridgehead atoms. The zero-order valence-electron chi connectivity index (χ0n) is 8.43. The molecule has 0 saturated heterocycles. The number of aromatic nitrogens is 1. The molecular formula is C9H5BrF5NO2. The zero-order valence-corrected chi connectivity index (χ0v) is 10.0. The molecule has 1 aromatic heterocycles. The van der Waals surface area contributed by atoms with E-state index in [4.69, 9.17) is 5.11 Å². The third-order valence-corrected chi connectivity index (χ3v) is 2.59. The minimum absolute atomic E-state index is 0.573. The SMILES string of the molecule is O=C(O)Cc1c(C(F)F)ncc(Br)c1C(F)(F)F. The molecule has 0 spiro atoms. The van der Waals surface area contributed by atoms with E-state index in [1.165, 1.54) is 0 Å². The molecule has 3 nitrogen and oxygen atoms in total. The molecule has 1 rings (SSSR count). The van der Waals surface area contributed by atoms with Gasteiger partial charge in [-0.1, -0.05) is 0 Å². The normalized spacial score (nSPS) is 11.9. The first-order valence-electron chi connectivity index (χ1n) is 4.39. The summed E-state index contributed by atoms with van der Waals surface area (Å²) in [6, 6.07) is 0. The minimum atomic E-state index is -4.95. The third kappa shape index (κ3) is 3.15. The van der Waals surface area contributed by atoms with E-state index < -0.39 is 46.3 Å². The summed E-state index contributed by atoms with van der Waals surface area (Å²) < 4.78 is 62.6. The van der Waals surface area contributed by atoms with Crippen molar-refractivity contribution in [3.63, 3.8) is 0 Å². The Morgan fingerprint density at radius 3 is 2.39 bits per heavy atom. The van der Waals surface area contributed by atoms with E-state index in [0.717, 1.165) is 0 Å². The van der Waals surface area contributed by atoms with Gasteiger partial charge in [0.1, 0.15) is 5.69 Å². The minimum Gasteiger partial charge on any atom is -0.481 e. The second-order valence-corrected chi connectivity index (χ2v) is 4.07. The zero-order chi connectivity index (χ0) is 14.1. The van der Waals surface area contributed by atoms with Crippen molar-refractivity contribution >= 4 is 21.9 Å². The van der Waals surface area contributed by atoms with Crippen LogP contribution in [-0.2, 0) is 17.4 Å². The van der Waals surface area contributed by atoms with Crippen LogP contribution in [0.2, 0.25) is 0 Å². The van der Waals surface area contributed by atoms with Crippen LogP contribution >= 0.6 is 15.9 Å². The van der Waals surface area contributed by atoms with Gasteiger partial charge in [-0.2, -0.15) is 13.2 Å². The molecular weight excluding hydrogens is 329 g/mol. The molecule has 0 aliphatic rings. The lowest BCUT2D eigenvalue weighted by atomic mass is 10.0. The van der Waals surface area contributed by atoms with E-state index in [0.29, 0.717) is 6.20 Å². The Morgan fingerprint density at radius 1 is 1.44 bits per heavy atom. The average Bonchev–Trinajstić information content (AvgIpc) is 2.13. The Balaban J connectivity index is 3.55. The Hall–Kier alpha value is -1.25. The van der Waals surface area contributed by atoms with Gasteiger partial charge >= 0.3 is 12.1 Å². The van der Waals surface area contributed by atoms with Crippen LogP contribution in [-0.4, -0.2) is 16.1 Å². The number of halogens is 6. The molecule has 0 aliphatic carbocycles. The fourth-order valence-corrected chi connectivity index (χ4v) is 1.93. The number of alkyl halides is 5. The molecule has 0 unspecified atom stereocenters. The molecule has 0 aromatic carbocycles. The molecule has 100 valence electrons. The van der Waals surface area contributed by atoms with Crippen LogP contribution in [0.15, 0.2) is 10.7 Å². The number of pyridine rings is 1. The van der Waals surface area contributed by atoms with Crippen molar-refractivity contribution in [2.45, 2.75) is 19.0 Å². The molecule has 9 heteroatoms. The molecule has 1 aromatic rings. The lowest BCUT2D eigenvalue weighted by Crippen LogP contribution is -2.17. The molecule has 0 radical (unpaired) electrons. The van der Waals surface area contributed by atoms with Gasteiger partial charge in [-0.15, -0.1) is 0 Å². The molecule has 0 saturated carbocycles. The van der Waals surface area contributed by atoms with Crippen molar-refractivity contribution in [2.24, 2.45) is 0 Å². The summed E-state index contributed by atoms with van der Waals surface area (Å²) in [5, 5.41) is 8.50. The Kier molecular flexibility index (Phi) is 4.25. The Morgan fingerprint density at radius 2 is 2.00 bits per heavy atom. The van der Waals surface area contributed by atoms with Crippen LogP contribution in [0, 0.1) is 0 Å². The summed E-state index contributed by atoms with van der Waals surface area (Å²) in [7, 11) is 0. The lowest BCUT2D eigenvalue weighted by Gasteiger charge is -2.16. The number of carboxylic acid groups (broad SMARTS) is 1. The van der Waals surface area contributed by atoms with E-state index in [2.05, 4.69) is 20.9 Å². The number of aliphatic carboxylic acids is 1. The van der Waals surface area contributed by atoms with Gasteiger partial charge in [-0.25, -0.2) is 8.78 Å². The van der Waals surface area contributed by atoms with Crippen LogP contribution in [0.3, 0.4) is 0 Å². The van der Waals surface area contributed by atoms with E-state index in [-0.39, 0.29) is 0 Å². The quantitative estimate of drug-likeness (QED) is 0.862. The number of carbonyl (C=O) groups is 1. The molecule has 0 amide bonds. The third-order valence-electron chi connectivity index (χ3n) is 1.98. The highest BCUT2D eigenvalue weighted by molar-refractivity contribution is 9.10. The lowest BCUT2D eigenvalue weighted by molar-refractivity contribution is -0.140. The summed E-state index contributed by atoms with van der Waals surface area (Å²) in [5.74, 6) is -1.65. The summed E-state index contributed by atoms with van der Waals surface area (Å²) in [6.07, 6.45) is -8.83. The van der Waals surface area contributed by atoms with Gasteiger partial charge in [0, 0.05) is 16.2 Å². The highest BCUT2D eigenvalue weighted by Gasteiger charge is 2.38. The van der Waals surface area contributed by atoms with Crippen LogP contribution in [0.25, 0.3) is 0 Å². The van der Waals surface area contributed by atoms with Crippen molar-refractivity contribution in [3.05, 3.63) is 27.5 Å². The van der Waals surface area contributed by atoms with Gasteiger partial charge < -0.3 is 5.11 Å².